The molecule has 152 valence electrons. The van der Waals surface area contributed by atoms with Gasteiger partial charge in [0, 0.05) is 6.54 Å². The van der Waals surface area contributed by atoms with Gasteiger partial charge in [-0.15, -0.1) is 0 Å². The van der Waals surface area contributed by atoms with E-state index >= 15 is 0 Å². The van der Waals surface area contributed by atoms with Crippen LogP contribution in [0.3, 0.4) is 0 Å². The van der Waals surface area contributed by atoms with E-state index in [1.165, 1.54) is 19.2 Å². The molecule has 0 aliphatic rings. The number of ether oxygens (including phenoxy) is 1. The molecule has 0 amide bonds. The second kappa shape index (κ2) is 9.54. The van der Waals surface area contributed by atoms with E-state index in [-0.39, 0.29) is 24.5 Å². The van der Waals surface area contributed by atoms with Crippen molar-refractivity contribution in [1.29, 1.82) is 0 Å². The Morgan fingerprint density at radius 1 is 1.14 bits per heavy atom. The van der Waals surface area contributed by atoms with Crippen LogP contribution in [-0.4, -0.2) is 57.4 Å². The van der Waals surface area contributed by atoms with Gasteiger partial charge in [-0.25, -0.2) is 8.42 Å². The summed E-state index contributed by atoms with van der Waals surface area (Å²) in [5.74, 6) is -0.494. The van der Waals surface area contributed by atoms with Crippen LogP contribution >= 0.6 is 0 Å². The first-order valence-electron chi connectivity index (χ1n) is 8.58. The molecule has 0 spiro atoms. The Kier molecular flexibility index (Phi) is 7.38. The molecule has 2 aromatic carbocycles. The van der Waals surface area contributed by atoms with Crippen LogP contribution in [0.5, 0.6) is 5.75 Å². The molecular weight excluding hydrogens is 384 g/mol. The number of aliphatic hydroxyl groups excluding tert-OH is 1. The number of nitrogens with zero attached hydrogens (tertiary/aromatic N) is 1. The molecule has 2 aromatic rings. The van der Waals surface area contributed by atoms with Gasteiger partial charge in [-0.2, -0.15) is 0 Å². The Morgan fingerprint density at radius 2 is 1.75 bits per heavy atom. The molecule has 2 rings (SSSR count). The molecule has 0 bridgehead atoms. The molecule has 9 heteroatoms. The van der Waals surface area contributed by atoms with Crippen molar-refractivity contribution in [2.45, 2.75) is 17.9 Å². The van der Waals surface area contributed by atoms with Crippen LogP contribution in [0.4, 0.5) is 5.69 Å². The van der Waals surface area contributed by atoms with Gasteiger partial charge in [0.2, 0.25) is 0 Å². The fourth-order valence-electron chi connectivity index (χ4n) is 2.53. The fourth-order valence-corrected chi connectivity index (χ4v) is 4.03. The van der Waals surface area contributed by atoms with Crippen molar-refractivity contribution in [1.82, 2.24) is 5.32 Å². The number of hydrogen-bond acceptors (Lipinski definition) is 6. The standard InChI is InChI=1S/C19H24N2O6S/c1-14-3-9-18(10-4-14)28(25,26)21(13-16(22)11-20-12-19(23)24)15-5-7-17(27-2)8-6-15/h3-10,16,20,22H,11-13H2,1-2H3,(H,23,24). The Hall–Kier alpha value is -2.62. The molecule has 0 radical (unpaired) electrons. The number of sulfonamides is 1. The third-order valence-electron chi connectivity index (χ3n) is 4.00. The Labute approximate surface area is 164 Å². The van der Waals surface area contributed by atoms with E-state index in [4.69, 9.17) is 9.84 Å². The summed E-state index contributed by atoms with van der Waals surface area (Å²) in [5.41, 5.74) is 1.28. The summed E-state index contributed by atoms with van der Waals surface area (Å²) in [5, 5.41) is 21.5. The highest BCUT2D eigenvalue weighted by molar-refractivity contribution is 7.92. The fraction of sp³-hybridized carbons (Fsp3) is 0.316. The normalized spacial score (nSPS) is 12.4. The number of carboxylic acids is 1. The summed E-state index contributed by atoms with van der Waals surface area (Å²) in [6, 6.07) is 12.8. The maximum Gasteiger partial charge on any atom is 0.317 e. The van der Waals surface area contributed by atoms with Gasteiger partial charge in [0.1, 0.15) is 5.75 Å². The minimum atomic E-state index is -3.94. The Morgan fingerprint density at radius 3 is 2.29 bits per heavy atom. The topological polar surface area (TPSA) is 116 Å². The second-order valence-electron chi connectivity index (χ2n) is 6.23. The summed E-state index contributed by atoms with van der Waals surface area (Å²) in [7, 11) is -2.43. The minimum Gasteiger partial charge on any atom is -0.497 e. The number of nitrogens with one attached hydrogen (secondary N) is 1. The molecule has 8 nitrogen and oxygen atoms in total. The van der Waals surface area contributed by atoms with Crippen LogP contribution in [0.25, 0.3) is 0 Å². The van der Waals surface area contributed by atoms with Gasteiger partial charge in [0.25, 0.3) is 10.0 Å². The quantitative estimate of drug-likeness (QED) is 0.541. The van der Waals surface area contributed by atoms with E-state index in [0.717, 1.165) is 9.87 Å². The van der Waals surface area contributed by atoms with E-state index in [2.05, 4.69) is 5.32 Å². The molecule has 28 heavy (non-hydrogen) atoms. The van der Waals surface area contributed by atoms with Gasteiger partial charge >= 0.3 is 5.97 Å². The van der Waals surface area contributed by atoms with Crippen LogP contribution in [0.2, 0.25) is 0 Å². The number of carboxylic acid groups (broad SMARTS) is 1. The lowest BCUT2D eigenvalue weighted by Crippen LogP contribution is -2.42. The van der Waals surface area contributed by atoms with Crippen molar-refractivity contribution in [3.63, 3.8) is 0 Å². The first-order valence-corrected chi connectivity index (χ1v) is 10.0. The van der Waals surface area contributed by atoms with Crippen molar-refractivity contribution < 1.29 is 28.2 Å². The molecule has 1 atom stereocenters. The zero-order valence-corrected chi connectivity index (χ0v) is 16.5. The van der Waals surface area contributed by atoms with E-state index in [9.17, 15) is 18.3 Å². The number of rotatable bonds is 10. The van der Waals surface area contributed by atoms with Crippen LogP contribution in [0.1, 0.15) is 5.56 Å². The molecule has 0 heterocycles. The van der Waals surface area contributed by atoms with E-state index < -0.39 is 22.1 Å². The molecule has 0 saturated carbocycles. The van der Waals surface area contributed by atoms with Crippen LogP contribution in [-0.2, 0) is 14.8 Å². The van der Waals surface area contributed by atoms with Gasteiger partial charge in [0.05, 0.1) is 36.9 Å². The number of aliphatic carboxylic acids is 1. The summed E-state index contributed by atoms with van der Waals surface area (Å²) in [6.45, 7) is 1.22. The third-order valence-corrected chi connectivity index (χ3v) is 5.81. The highest BCUT2D eigenvalue weighted by Gasteiger charge is 2.27. The molecule has 0 saturated heterocycles. The van der Waals surface area contributed by atoms with Gasteiger partial charge < -0.3 is 20.3 Å². The maximum absolute atomic E-state index is 13.2. The van der Waals surface area contributed by atoms with Gasteiger partial charge in [0.15, 0.2) is 0 Å². The second-order valence-corrected chi connectivity index (χ2v) is 8.09. The first kappa shape index (κ1) is 21.7. The highest BCUT2D eigenvalue weighted by atomic mass is 32.2. The number of aliphatic hydroxyl groups is 1. The zero-order chi connectivity index (χ0) is 20.7. The summed E-state index contributed by atoms with van der Waals surface area (Å²) in [6.07, 6.45) is -1.11. The molecule has 0 aromatic heterocycles. The van der Waals surface area contributed by atoms with Crippen molar-refractivity contribution in [2.24, 2.45) is 0 Å². The van der Waals surface area contributed by atoms with Crippen molar-refractivity contribution in [3.05, 3.63) is 54.1 Å². The smallest absolute Gasteiger partial charge is 0.317 e. The van der Waals surface area contributed by atoms with Crippen LogP contribution < -0.4 is 14.4 Å². The van der Waals surface area contributed by atoms with Gasteiger partial charge in [-0.05, 0) is 43.3 Å². The first-order chi connectivity index (χ1) is 13.2. The lowest BCUT2D eigenvalue weighted by Gasteiger charge is -2.27. The number of methoxy groups -OCH3 is 1. The highest BCUT2D eigenvalue weighted by Crippen LogP contribution is 2.26. The van der Waals surface area contributed by atoms with E-state index in [1.54, 1.807) is 36.4 Å². The predicted octanol–water partition coefficient (Wildman–Crippen LogP) is 1.23. The van der Waals surface area contributed by atoms with E-state index in [0.29, 0.717) is 11.4 Å². The summed E-state index contributed by atoms with van der Waals surface area (Å²) in [4.78, 5) is 10.7. The van der Waals surface area contributed by atoms with Crippen molar-refractivity contribution in [3.8, 4) is 5.75 Å². The van der Waals surface area contributed by atoms with Gasteiger partial charge in [-0.1, -0.05) is 17.7 Å². The SMILES string of the molecule is COc1ccc(N(CC(O)CNCC(=O)O)S(=O)(=O)c2ccc(C)cc2)cc1. The van der Waals surface area contributed by atoms with Crippen LogP contribution in [0, 0.1) is 6.92 Å². The molecule has 0 aliphatic heterocycles. The molecular formula is C19H24N2O6S. The average Bonchev–Trinajstić information content (AvgIpc) is 2.66. The number of anilines is 1. The Bertz CT molecular complexity index is 882. The lowest BCUT2D eigenvalue weighted by molar-refractivity contribution is -0.136. The number of hydrogen-bond donors (Lipinski definition) is 3. The number of aryl methyl sites for hydroxylation is 1. The maximum atomic E-state index is 13.2. The number of benzene rings is 2. The zero-order valence-electron chi connectivity index (χ0n) is 15.7. The Balaban J connectivity index is 2.31. The molecule has 1 unspecified atom stereocenters. The lowest BCUT2D eigenvalue weighted by atomic mass is 10.2. The van der Waals surface area contributed by atoms with Crippen LogP contribution in [0.15, 0.2) is 53.4 Å². The monoisotopic (exact) mass is 408 g/mol. The largest absolute Gasteiger partial charge is 0.497 e. The molecule has 0 aliphatic carbocycles. The third kappa shape index (κ3) is 5.69. The molecule has 3 N–H and O–H groups in total. The van der Waals surface area contributed by atoms with Crippen molar-refractivity contribution >= 4 is 21.7 Å². The molecule has 0 fully saturated rings. The van der Waals surface area contributed by atoms with E-state index in [1.807, 2.05) is 6.92 Å². The average molecular weight is 408 g/mol. The van der Waals surface area contributed by atoms with Gasteiger partial charge in [-0.3, -0.25) is 9.10 Å². The number of carbonyl (C=O) groups is 1. The summed E-state index contributed by atoms with van der Waals surface area (Å²) < 4.78 is 32.6. The van der Waals surface area contributed by atoms with Crippen molar-refractivity contribution in [2.75, 3.05) is 31.0 Å². The summed E-state index contributed by atoms with van der Waals surface area (Å²) >= 11 is 0. The minimum absolute atomic E-state index is 0.0671. The predicted molar refractivity (Wildman–Crippen MR) is 105 cm³/mol.